The minimum atomic E-state index is -1.06. The monoisotopic (exact) mass is 314 g/mol. The van der Waals surface area contributed by atoms with Crippen molar-refractivity contribution in [1.29, 1.82) is 0 Å². The van der Waals surface area contributed by atoms with E-state index in [-0.39, 0.29) is 12.1 Å². The fraction of sp³-hybridized carbons (Fsp3) is 0.571. The van der Waals surface area contributed by atoms with Gasteiger partial charge in [0, 0.05) is 11.4 Å². The lowest BCUT2D eigenvalue weighted by atomic mass is 10.0. The first-order valence-corrected chi connectivity index (χ1v) is 7.60. The van der Waals surface area contributed by atoms with E-state index in [1.54, 1.807) is 13.8 Å². The van der Waals surface area contributed by atoms with E-state index in [4.69, 9.17) is 0 Å². The predicted molar refractivity (Wildman–Crippen MR) is 83.3 cm³/mol. The minimum Gasteiger partial charge on any atom is -0.478 e. The van der Waals surface area contributed by atoms with Crippen molar-refractivity contribution in [3.8, 4) is 0 Å². The van der Waals surface area contributed by atoms with Crippen molar-refractivity contribution in [1.82, 2.24) is 5.32 Å². The molecule has 0 aliphatic rings. The van der Waals surface area contributed by atoms with Gasteiger partial charge in [-0.15, -0.1) is 11.3 Å². The summed E-state index contributed by atoms with van der Waals surface area (Å²) in [6, 6.07) is -0.518. The number of carbonyl (C=O) groups excluding carboxylic acids is 1. The zero-order valence-electron chi connectivity index (χ0n) is 12.7. The number of carbonyl (C=O) groups is 2. The van der Waals surface area contributed by atoms with Gasteiger partial charge in [0.2, 0.25) is 0 Å². The van der Waals surface area contributed by atoms with Crippen LogP contribution in [-0.4, -0.2) is 34.4 Å². The molecule has 1 aromatic heterocycles. The average molecular weight is 314 g/mol. The largest absolute Gasteiger partial charge is 0.478 e. The highest BCUT2D eigenvalue weighted by molar-refractivity contribution is 7.16. The van der Waals surface area contributed by atoms with Crippen molar-refractivity contribution in [3.63, 3.8) is 0 Å². The van der Waals surface area contributed by atoms with Crippen LogP contribution in [-0.2, 0) is 0 Å². The highest BCUT2D eigenvalue weighted by atomic mass is 32.1. The molecule has 1 unspecified atom stereocenters. The average Bonchev–Trinajstić information content (AvgIpc) is 2.62. The van der Waals surface area contributed by atoms with Gasteiger partial charge in [-0.3, -0.25) is 5.32 Å². The molecule has 0 fully saturated rings. The molecule has 0 saturated heterocycles. The molecule has 4 N–H and O–H groups in total. The molecule has 0 aromatic carbocycles. The first-order valence-electron chi connectivity index (χ1n) is 6.78. The van der Waals surface area contributed by atoms with E-state index >= 15 is 0 Å². The molecule has 6 nitrogen and oxygen atoms in total. The maximum Gasteiger partial charge on any atom is 0.338 e. The van der Waals surface area contributed by atoms with Gasteiger partial charge in [0.15, 0.2) is 0 Å². The third kappa shape index (κ3) is 4.71. The van der Waals surface area contributed by atoms with E-state index in [0.717, 1.165) is 11.3 Å². The van der Waals surface area contributed by atoms with Gasteiger partial charge in [-0.05, 0) is 32.8 Å². The van der Waals surface area contributed by atoms with E-state index in [1.807, 2.05) is 13.8 Å². The first-order chi connectivity index (χ1) is 9.68. The summed E-state index contributed by atoms with van der Waals surface area (Å²) in [6.07, 6.45) is 1.38. The number of rotatable bonds is 6. The smallest absolute Gasteiger partial charge is 0.338 e. The molecule has 0 bridgehead atoms. The lowest BCUT2D eigenvalue weighted by Gasteiger charge is -2.22. The maximum absolute atomic E-state index is 11.8. The number of amides is 2. The Hall–Kier alpha value is -1.60. The molecule has 1 atom stereocenters. The summed E-state index contributed by atoms with van der Waals surface area (Å²) < 4.78 is 0. The van der Waals surface area contributed by atoms with Crippen molar-refractivity contribution in [2.24, 2.45) is 0 Å². The van der Waals surface area contributed by atoms with Crippen LogP contribution in [0.3, 0.4) is 0 Å². The van der Waals surface area contributed by atoms with Gasteiger partial charge in [0.25, 0.3) is 0 Å². The van der Waals surface area contributed by atoms with Crippen LogP contribution in [0.5, 0.6) is 0 Å². The van der Waals surface area contributed by atoms with E-state index in [1.165, 1.54) is 11.3 Å². The molecule has 0 radical (unpaired) electrons. The molecular weight excluding hydrogens is 292 g/mol. The van der Waals surface area contributed by atoms with E-state index in [2.05, 4.69) is 10.6 Å². The SMILES string of the molecule is CCCC(C)(O)CNC(=O)Nc1sc(C)c(C)c1C(=O)O. The summed E-state index contributed by atoms with van der Waals surface area (Å²) in [5, 5.41) is 24.6. The first kappa shape index (κ1) is 17.5. The number of thiophene rings is 1. The van der Waals surface area contributed by atoms with Crippen molar-refractivity contribution < 1.29 is 19.8 Å². The second-order valence-electron chi connectivity index (χ2n) is 5.35. The van der Waals surface area contributed by atoms with Crippen molar-refractivity contribution in [3.05, 3.63) is 16.0 Å². The summed E-state index contributed by atoms with van der Waals surface area (Å²) in [5.74, 6) is -1.06. The molecule has 1 aromatic rings. The number of anilines is 1. The van der Waals surface area contributed by atoms with Crippen LogP contribution >= 0.6 is 11.3 Å². The molecule has 0 spiro atoms. The van der Waals surface area contributed by atoms with Crippen LogP contribution in [0.2, 0.25) is 0 Å². The molecule has 21 heavy (non-hydrogen) atoms. The highest BCUT2D eigenvalue weighted by Crippen LogP contribution is 2.32. The Morgan fingerprint density at radius 3 is 2.48 bits per heavy atom. The maximum atomic E-state index is 11.8. The molecule has 0 aliphatic heterocycles. The lowest BCUT2D eigenvalue weighted by molar-refractivity contribution is 0.0528. The molecule has 1 rings (SSSR count). The predicted octanol–water partition coefficient (Wildman–Crippen LogP) is 2.74. The molecule has 2 amide bonds. The quantitative estimate of drug-likeness (QED) is 0.649. The van der Waals surface area contributed by atoms with Gasteiger partial charge in [0.05, 0.1) is 11.2 Å². The topological polar surface area (TPSA) is 98.7 Å². The minimum absolute atomic E-state index is 0.110. The number of aromatic carboxylic acids is 1. The zero-order chi connectivity index (χ0) is 16.2. The second-order valence-corrected chi connectivity index (χ2v) is 6.57. The molecule has 0 saturated carbocycles. The number of aryl methyl sites for hydroxylation is 1. The summed E-state index contributed by atoms with van der Waals surface area (Å²) in [7, 11) is 0. The Morgan fingerprint density at radius 1 is 1.33 bits per heavy atom. The van der Waals surface area contributed by atoms with Gasteiger partial charge in [-0.25, -0.2) is 9.59 Å². The van der Waals surface area contributed by atoms with Crippen molar-refractivity contribution >= 4 is 28.3 Å². The Kier molecular flexibility index (Phi) is 5.74. The number of nitrogens with one attached hydrogen (secondary N) is 2. The number of hydrogen-bond donors (Lipinski definition) is 4. The number of urea groups is 1. The van der Waals surface area contributed by atoms with Crippen LogP contribution in [0.4, 0.5) is 9.80 Å². The summed E-state index contributed by atoms with van der Waals surface area (Å²) in [6.45, 7) is 7.23. The summed E-state index contributed by atoms with van der Waals surface area (Å²) >= 11 is 1.23. The normalized spacial score (nSPS) is 13.6. The molecular formula is C14H22N2O4S. The Balaban J connectivity index is 2.72. The molecule has 1 heterocycles. The molecule has 118 valence electrons. The molecule has 0 aliphatic carbocycles. The van der Waals surface area contributed by atoms with Gasteiger partial charge in [-0.1, -0.05) is 13.3 Å². The standard InChI is InChI=1S/C14H22N2O4S/c1-5-6-14(4,20)7-15-13(19)16-11-10(12(17)18)8(2)9(3)21-11/h20H,5-7H2,1-4H3,(H,17,18)(H2,15,16,19). The lowest BCUT2D eigenvalue weighted by Crippen LogP contribution is -2.42. The zero-order valence-corrected chi connectivity index (χ0v) is 13.6. The van der Waals surface area contributed by atoms with Crippen LogP contribution in [0.1, 0.15) is 47.5 Å². The van der Waals surface area contributed by atoms with E-state index < -0.39 is 17.6 Å². The Bertz CT molecular complexity index is 537. The van der Waals surface area contributed by atoms with E-state index in [0.29, 0.717) is 17.0 Å². The van der Waals surface area contributed by atoms with E-state index in [9.17, 15) is 19.8 Å². The third-order valence-electron chi connectivity index (χ3n) is 3.24. The van der Waals surface area contributed by atoms with Crippen LogP contribution in [0.25, 0.3) is 0 Å². The molecule has 7 heteroatoms. The van der Waals surface area contributed by atoms with Gasteiger partial charge >= 0.3 is 12.0 Å². The van der Waals surface area contributed by atoms with Crippen LogP contribution in [0, 0.1) is 13.8 Å². The number of carboxylic acids is 1. The fourth-order valence-corrected chi connectivity index (χ4v) is 3.07. The summed E-state index contributed by atoms with van der Waals surface area (Å²) in [4.78, 5) is 23.9. The summed E-state index contributed by atoms with van der Waals surface area (Å²) in [5.41, 5.74) is -0.197. The number of carboxylic acid groups (broad SMARTS) is 1. The van der Waals surface area contributed by atoms with Crippen molar-refractivity contribution in [2.45, 2.75) is 46.1 Å². The highest BCUT2D eigenvalue weighted by Gasteiger charge is 2.22. The Labute approximate surface area is 128 Å². The van der Waals surface area contributed by atoms with Crippen LogP contribution in [0.15, 0.2) is 0 Å². The van der Waals surface area contributed by atoms with Gasteiger partial charge in [0.1, 0.15) is 5.00 Å². The van der Waals surface area contributed by atoms with Crippen molar-refractivity contribution in [2.75, 3.05) is 11.9 Å². The number of aliphatic hydroxyl groups is 1. The third-order valence-corrected chi connectivity index (χ3v) is 4.37. The number of hydrogen-bond acceptors (Lipinski definition) is 4. The Morgan fingerprint density at radius 2 is 1.95 bits per heavy atom. The second kappa shape index (κ2) is 6.91. The van der Waals surface area contributed by atoms with Crippen LogP contribution < -0.4 is 10.6 Å². The van der Waals surface area contributed by atoms with Gasteiger partial charge < -0.3 is 15.5 Å². The fourth-order valence-electron chi connectivity index (χ4n) is 2.02. The van der Waals surface area contributed by atoms with Gasteiger partial charge in [-0.2, -0.15) is 0 Å².